The Bertz CT molecular complexity index is 437. The first-order chi connectivity index (χ1) is 8.83. The van der Waals surface area contributed by atoms with Crippen LogP contribution in [0.3, 0.4) is 0 Å². The molecule has 1 fully saturated rings. The number of rotatable bonds is 5. The van der Waals surface area contributed by atoms with Crippen molar-refractivity contribution >= 4 is 0 Å². The minimum Gasteiger partial charge on any atom is -0.393 e. The molecule has 0 bridgehead atoms. The van der Waals surface area contributed by atoms with Gasteiger partial charge in [-0.25, -0.2) is 0 Å². The van der Waals surface area contributed by atoms with Gasteiger partial charge in [0.2, 0.25) is 0 Å². The van der Waals surface area contributed by atoms with E-state index >= 15 is 0 Å². The number of allylic oxidation sites excluding steroid dienone is 1. The number of aliphatic hydroxyl groups excluding tert-OH is 1. The zero-order valence-corrected chi connectivity index (χ0v) is 10.9. The van der Waals surface area contributed by atoms with Gasteiger partial charge in [-0.3, -0.25) is 0 Å². The van der Waals surface area contributed by atoms with E-state index in [1.807, 2.05) is 6.08 Å². The Hall–Kier alpha value is -1.08. The summed E-state index contributed by atoms with van der Waals surface area (Å²) in [6.45, 7) is 3.74. The molecule has 1 N–H and O–H groups in total. The summed E-state index contributed by atoms with van der Waals surface area (Å²) in [5, 5.41) is 10.3. The first kappa shape index (κ1) is 12.0. The average molecular weight is 242 g/mol. The number of aliphatic hydroxyl groups is 1. The van der Waals surface area contributed by atoms with Crippen LogP contribution in [-0.2, 0) is 6.42 Å². The van der Waals surface area contributed by atoms with Crippen molar-refractivity contribution in [1.82, 2.24) is 0 Å². The zero-order chi connectivity index (χ0) is 12.5. The Balaban J connectivity index is 1.67. The molecule has 1 heteroatoms. The highest BCUT2D eigenvalue weighted by Crippen LogP contribution is 2.61. The third kappa shape index (κ3) is 2.01. The Morgan fingerprint density at radius 1 is 1.39 bits per heavy atom. The third-order valence-corrected chi connectivity index (χ3v) is 4.74. The van der Waals surface area contributed by atoms with Gasteiger partial charge in [0.05, 0.1) is 6.10 Å². The van der Waals surface area contributed by atoms with Crippen LogP contribution >= 0.6 is 0 Å². The van der Waals surface area contributed by atoms with Gasteiger partial charge >= 0.3 is 0 Å². The van der Waals surface area contributed by atoms with Crippen molar-refractivity contribution in [1.29, 1.82) is 0 Å². The maximum atomic E-state index is 10.3. The molecular weight excluding hydrogens is 220 g/mol. The van der Waals surface area contributed by atoms with Gasteiger partial charge in [-0.05, 0) is 61.0 Å². The molecule has 1 aromatic rings. The lowest BCUT2D eigenvalue weighted by Gasteiger charge is -2.13. The summed E-state index contributed by atoms with van der Waals surface area (Å²) in [5.74, 6) is 1.92. The van der Waals surface area contributed by atoms with E-state index in [2.05, 4.69) is 30.8 Å². The van der Waals surface area contributed by atoms with Crippen molar-refractivity contribution in [3.8, 4) is 0 Å². The van der Waals surface area contributed by atoms with Crippen LogP contribution in [0.2, 0.25) is 0 Å². The molecule has 0 saturated heterocycles. The fraction of sp³-hybridized carbons (Fsp3) is 0.529. The van der Waals surface area contributed by atoms with Crippen LogP contribution in [0.15, 0.2) is 36.9 Å². The Labute approximate surface area is 110 Å². The molecule has 18 heavy (non-hydrogen) atoms. The van der Waals surface area contributed by atoms with Gasteiger partial charge in [0.25, 0.3) is 0 Å². The highest BCUT2D eigenvalue weighted by Gasteiger charge is 2.55. The molecule has 1 saturated carbocycles. The first-order valence-electron chi connectivity index (χ1n) is 7.19. The van der Waals surface area contributed by atoms with Crippen molar-refractivity contribution < 1.29 is 5.11 Å². The fourth-order valence-corrected chi connectivity index (χ4v) is 3.81. The van der Waals surface area contributed by atoms with Crippen molar-refractivity contribution in [2.24, 2.45) is 11.8 Å². The van der Waals surface area contributed by atoms with E-state index in [9.17, 15) is 5.11 Å². The number of aryl methyl sites for hydroxylation is 1. The summed E-state index contributed by atoms with van der Waals surface area (Å²) in [6, 6.07) is 8.80. The van der Waals surface area contributed by atoms with Gasteiger partial charge in [-0.1, -0.05) is 30.3 Å². The maximum Gasteiger partial charge on any atom is 0.0577 e. The second-order valence-corrected chi connectivity index (χ2v) is 5.79. The molecule has 4 atom stereocenters. The molecule has 1 nitrogen and oxygen atoms in total. The van der Waals surface area contributed by atoms with Crippen molar-refractivity contribution in [3.05, 3.63) is 48.0 Å². The zero-order valence-electron chi connectivity index (χ0n) is 10.9. The molecule has 0 heterocycles. The number of benzene rings is 1. The summed E-state index contributed by atoms with van der Waals surface area (Å²) < 4.78 is 0. The second kappa shape index (κ2) is 4.89. The van der Waals surface area contributed by atoms with Crippen LogP contribution in [0.4, 0.5) is 0 Å². The van der Waals surface area contributed by atoms with E-state index in [-0.39, 0.29) is 6.10 Å². The summed E-state index contributed by atoms with van der Waals surface area (Å²) in [4.78, 5) is 0. The monoisotopic (exact) mass is 242 g/mol. The number of unbranched alkanes of at least 4 members (excludes halogenated alkanes) is 1. The van der Waals surface area contributed by atoms with Crippen LogP contribution in [-0.4, -0.2) is 11.2 Å². The molecule has 96 valence electrons. The number of hydrogen-bond donors (Lipinski definition) is 1. The minimum absolute atomic E-state index is 0.105. The van der Waals surface area contributed by atoms with E-state index in [0.717, 1.165) is 25.2 Å². The van der Waals surface area contributed by atoms with Crippen LogP contribution in [0.5, 0.6) is 0 Å². The van der Waals surface area contributed by atoms with Gasteiger partial charge in [0.1, 0.15) is 0 Å². The average Bonchev–Trinajstić information content (AvgIpc) is 3.14. The molecular formula is C17H22O. The number of fused-ring (bicyclic) bond motifs is 3. The summed E-state index contributed by atoms with van der Waals surface area (Å²) in [6.07, 6.45) is 7.34. The lowest BCUT2D eigenvalue weighted by Crippen LogP contribution is -2.11. The predicted octanol–water partition coefficient (Wildman–Crippen LogP) is 3.68. The first-order valence-corrected chi connectivity index (χ1v) is 7.19. The van der Waals surface area contributed by atoms with Crippen LogP contribution in [0, 0.1) is 11.8 Å². The lowest BCUT2D eigenvalue weighted by atomic mass is 9.92. The molecule has 3 rings (SSSR count). The Morgan fingerprint density at radius 2 is 2.22 bits per heavy atom. The molecule has 0 spiro atoms. The van der Waals surface area contributed by atoms with Gasteiger partial charge in [-0.2, -0.15) is 0 Å². The molecule has 4 unspecified atom stereocenters. The van der Waals surface area contributed by atoms with E-state index in [1.54, 1.807) is 0 Å². The summed E-state index contributed by atoms with van der Waals surface area (Å²) in [5.41, 5.74) is 3.03. The van der Waals surface area contributed by atoms with Gasteiger partial charge < -0.3 is 5.11 Å². The topological polar surface area (TPSA) is 20.2 Å². The van der Waals surface area contributed by atoms with E-state index < -0.39 is 0 Å². The molecule has 0 aliphatic heterocycles. The SMILES string of the molecule is C=CCCCC(O)C1C2CCc3ccccc3C21. The van der Waals surface area contributed by atoms with Crippen molar-refractivity contribution in [2.75, 3.05) is 0 Å². The Morgan fingerprint density at radius 3 is 3.06 bits per heavy atom. The lowest BCUT2D eigenvalue weighted by molar-refractivity contribution is 0.131. The molecule has 1 aromatic carbocycles. The molecule has 2 aliphatic rings. The predicted molar refractivity (Wildman–Crippen MR) is 74.5 cm³/mol. The second-order valence-electron chi connectivity index (χ2n) is 5.79. The fourth-order valence-electron chi connectivity index (χ4n) is 3.81. The summed E-state index contributed by atoms with van der Waals surface area (Å²) >= 11 is 0. The van der Waals surface area contributed by atoms with Gasteiger partial charge in [-0.15, -0.1) is 6.58 Å². The van der Waals surface area contributed by atoms with Gasteiger partial charge in [0, 0.05) is 0 Å². The van der Waals surface area contributed by atoms with Crippen LogP contribution < -0.4 is 0 Å². The van der Waals surface area contributed by atoms with Crippen LogP contribution in [0.25, 0.3) is 0 Å². The van der Waals surface area contributed by atoms with E-state index in [0.29, 0.717) is 11.8 Å². The molecule has 0 aromatic heterocycles. The number of hydrogen-bond acceptors (Lipinski definition) is 1. The minimum atomic E-state index is -0.105. The Kier molecular flexibility index (Phi) is 3.25. The van der Waals surface area contributed by atoms with E-state index in [4.69, 9.17) is 0 Å². The van der Waals surface area contributed by atoms with E-state index in [1.165, 1.54) is 24.0 Å². The smallest absolute Gasteiger partial charge is 0.0577 e. The molecule has 0 radical (unpaired) electrons. The van der Waals surface area contributed by atoms with Gasteiger partial charge in [0.15, 0.2) is 0 Å². The van der Waals surface area contributed by atoms with Crippen molar-refractivity contribution in [2.45, 2.75) is 44.1 Å². The largest absolute Gasteiger partial charge is 0.393 e. The summed E-state index contributed by atoms with van der Waals surface area (Å²) in [7, 11) is 0. The normalized spacial score (nSPS) is 30.2. The molecule has 2 aliphatic carbocycles. The van der Waals surface area contributed by atoms with Crippen LogP contribution in [0.1, 0.15) is 42.7 Å². The standard InChI is InChI=1S/C17H22O/c1-2-3-4-9-15(18)17-14-11-10-12-7-5-6-8-13(12)16(14)17/h2,5-8,14-18H,1,3-4,9-11H2. The quantitative estimate of drug-likeness (QED) is 0.617. The maximum absolute atomic E-state index is 10.3. The highest BCUT2D eigenvalue weighted by atomic mass is 16.3. The van der Waals surface area contributed by atoms with Crippen molar-refractivity contribution in [3.63, 3.8) is 0 Å². The molecule has 0 amide bonds. The highest BCUT2D eigenvalue weighted by molar-refractivity contribution is 5.39. The third-order valence-electron chi connectivity index (χ3n) is 4.74.